The van der Waals surface area contributed by atoms with Crippen LogP contribution in [0.1, 0.15) is 24.6 Å². The molecule has 0 amide bonds. The summed E-state index contributed by atoms with van der Waals surface area (Å²) in [6, 6.07) is 0. The molecule has 0 aliphatic carbocycles. The molecule has 1 unspecified atom stereocenters. The first-order valence-corrected chi connectivity index (χ1v) is 6.75. The normalized spacial score (nSPS) is 26.0. The number of ether oxygens (including phenoxy) is 1. The van der Waals surface area contributed by atoms with Gasteiger partial charge in [0.25, 0.3) is 5.56 Å². The molecule has 10 nitrogen and oxygen atoms in total. The molecule has 1 aliphatic rings. The number of aryl methyl sites for hydroxylation is 1. The number of nitro groups is 1. The van der Waals surface area contributed by atoms with Gasteiger partial charge in [0.15, 0.2) is 0 Å². The summed E-state index contributed by atoms with van der Waals surface area (Å²) in [6.07, 6.45) is -2.98. The SMILES string of the molecule is Cc1cn([C@H]2C[C@H](O)[C@@H](C(O)CC[N+](=O)[O-])O2)c(=O)[nH]c1=O. The zero-order valence-electron chi connectivity index (χ0n) is 11.8. The van der Waals surface area contributed by atoms with Gasteiger partial charge in [0, 0.05) is 29.5 Å². The van der Waals surface area contributed by atoms with Gasteiger partial charge in [-0.1, -0.05) is 0 Å². The number of H-pyrrole nitrogens is 1. The van der Waals surface area contributed by atoms with Crippen molar-refractivity contribution < 1.29 is 19.9 Å². The molecular weight excluding hydrogens is 298 g/mol. The van der Waals surface area contributed by atoms with Crippen molar-refractivity contribution >= 4 is 0 Å². The summed E-state index contributed by atoms with van der Waals surface area (Å²) >= 11 is 0. The van der Waals surface area contributed by atoms with E-state index in [0.29, 0.717) is 5.56 Å². The predicted molar refractivity (Wildman–Crippen MR) is 73.1 cm³/mol. The molecule has 0 bridgehead atoms. The van der Waals surface area contributed by atoms with Gasteiger partial charge in [-0.15, -0.1) is 0 Å². The van der Waals surface area contributed by atoms with E-state index in [1.165, 1.54) is 13.1 Å². The van der Waals surface area contributed by atoms with Gasteiger partial charge in [0.1, 0.15) is 12.3 Å². The van der Waals surface area contributed by atoms with E-state index in [0.717, 1.165) is 4.57 Å². The first kappa shape index (κ1) is 16.3. The molecule has 10 heteroatoms. The average molecular weight is 315 g/mol. The molecule has 0 radical (unpaired) electrons. The van der Waals surface area contributed by atoms with Gasteiger partial charge in [-0.3, -0.25) is 24.5 Å². The third-order valence-electron chi connectivity index (χ3n) is 3.58. The second-order valence-corrected chi connectivity index (χ2v) is 5.25. The van der Waals surface area contributed by atoms with Crippen LogP contribution in [0.2, 0.25) is 0 Å². The standard InChI is InChI=1S/C12H17N3O7/c1-6-5-14(12(19)13-11(6)18)9-4-8(17)10(22-9)7(16)2-3-15(20)21/h5,7-10,16-17H,2-4H2,1H3,(H,13,18,19)/t7?,8-,9+,10+/m0/s1. The van der Waals surface area contributed by atoms with Crippen LogP contribution in [-0.4, -0.2) is 49.5 Å². The third-order valence-corrected chi connectivity index (χ3v) is 3.58. The van der Waals surface area contributed by atoms with Crippen LogP contribution in [0.4, 0.5) is 0 Å². The number of nitrogens with one attached hydrogen (secondary N) is 1. The Morgan fingerprint density at radius 3 is 2.91 bits per heavy atom. The molecule has 2 rings (SSSR count). The fourth-order valence-electron chi connectivity index (χ4n) is 2.40. The lowest BCUT2D eigenvalue weighted by Gasteiger charge is -2.20. The maximum atomic E-state index is 11.8. The van der Waals surface area contributed by atoms with Crippen molar-refractivity contribution in [3.63, 3.8) is 0 Å². The lowest BCUT2D eigenvalue weighted by atomic mass is 10.1. The molecule has 122 valence electrons. The van der Waals surface area contributed by atoms with E-state index in [-0.39, 0.29) is 12.8 Å². The molecule has 0 aromatic carbocycles. The molecule has 1 saturated heterocycles. The van der Waals surface area contributed by atoms with E-state index in [1.54, 1.807) is 0 Å². The Morgan fingerprint density at radius 1 is 1.59 bits per heavy atom. The molecular formula is C12H17N3O7. The number of nitrogens with zero attached hydrogens (tertiary/aromatic N) is 2. The maximum absolute atomic E-state index is 11.8. The van der Waals surface area contributed by atoms with Gasteiger partial charge >= 0.3 is 5.69 Å². The average Bonchev–Trinajstić information content (AvgIpc) is 2.82. The molecule has 4 atom stereocenters. The van der Waals surface area contributed by atoms with E-state index in [1.807, 2.05) is 0 Å². The molecule has 1 aromatic heterocycles. The minimum absolute atomic E-state index is 0.0333. The summed E-state index contributed by atoms with van der Waals surface area (Å²) in [5.41, 5.74) is -0.898. The molecule has 2 heterocycles. The topological polar surface area (TPSA) is 148 Å². The van der Waals surface area contributed by atoms with Crippen LogP contribution in [0, 0.1) is 17.0 Å². The highest BCUT2D eigenvalue weighted by atomic mass is 16.6. The summed E-state index contributed by atoms with van der Waals surface area (Å²) < 4.78 is 6.57. The molecule has 0 spiro atoms. The Labute approximate surface area is 124 Å². The maximum Gasteiger partial charge on any atom is 0.330 e. The van der Waals surface area contributed by atoms with Crippen LogP contribution in [0.5, 0.6) is 0 Å². The first-order valence-electron chi connectivity index (χ1n) is 6.75. The van der Waals surface area contributed by atoms with E-state index in [9.17, 15) is 29.9 Å². The first-order chi connectivity index (χ1) is 10.3. The Balaban J connectivity index is 2.14. The molecule has 3 N–H and O–H groups in total. The van der Waals surface area contributed by atoms with Crippen LogP contribution in [-0.2, 0) is 4.74 Å². The summed E-state index contributed by atoms with van der Waals surface area (Å²) in [5, 5.41) is 30.1. The quantitative estimate of drug-likeness (QED) is 0.443. The number of aliphatic hydroxyl groups is 2. The van der Waals surface area contributed by atoms with Gasteiger partial charge in [-0.2, -0.15) is 0 Å². The van der Waals surface area contributed by atoms with Crippen molar-refractivity contribution in [1.29, 1.82) is 0 Å². The zero-order chi connectivity index (χ0) is 16.4. The highest BCUT2D eigenvalue weighted by Crippen LogP contribution is 2.30. The highest BCUT2D eigenvalue weighted by Gasteiger charge is 2.40. The lowest BCUT2D eigenvalue weighted by molar-refractivity contribution is -0.482. The second-order valence-electron chi connectivity index (χ2n) is 5.25. The van der Waals surface area contributed by atoms with Crippen molar-refractivity contribution in [2.24, 2.45) is 0 Å². The molecule has 1 aromatic rings. The molecule has 22 heavy (non-hydrogen) atoms. The Hall–Kier alpha value is -2.04. The predicted octanol–water partition coefficient (Wildman–Crippen LogP) is -1.48. The number of hydrogen-bond donors (Lipinski definition) is 3. The number of aromatic amines is 1. The Bertz CT molecular complexity index is 667. The van der Waals surface area contributed by atoms with Crippen molar-refractivity contribution in [2.75, 3.05) is 6.54 Å². The van der Waals surface area contributed by atoms with E-state index >= 15 is 0 Å². The van der Waals surface area contributed by atoms with Crippen molar-refractivity contribution in [1.82, 2.24) is 9.55 Å². The van der Waals surface area contributed by atoms with Gasteiger partial charge < -0.3 is 14.9 Å². The van der Waals surface area contributed by atoms with E-state index in [4.69, 9.17) is 4.74 Å². The number of aromatic nitrogens is 2. The van der Waals surface area contributed by atoms with Gasteiger partial charge in [-0.25, -0.2) is 4.79 Å². The fraction of sp³-hybridized carbons (Fsp3) is 0.667. The molecule has 0 saturated carbocycles. The molecule has 1 aliphatic heterocycles. The highest BCUT2D eigenvalue weighted by molar-refractivity contribution is 5.02. The summed E-state index contributed by atoms with van der Waals surface area (Å²) in [5.74, 6) is 0. The van der Waals surface area contributed by atoms with Crippen LogP contribution >= 0.6 is 0 Å². The minimum Gasteiger partial charge on any atom is -0.390 e. The summed E-state index contributed by atoms with van der Waals surface area (Å²) in [6.45, 7) is 1.07. The zero-order valence-corrected chi connectivity index (χ0v) is 11.8. The largest absolute Gasteiger partial charge is 0.390 e. The summed E-state index contributed by atoms with van der Waals surface area (Å²) in [4.78, 5) is 35.0. The van der Waals surface area contributed by atoms with E-state index in [2.05, 4.69) is 4.98 Å². The Morgan fingerprint density at radius 2 is 2.27 bits per heavy atom. The van der Waals surface area contributed by atoms with Crippen molar-refractivity contribution in [3.05, 3.63) is 42.7 Å². The van der Waals surface area contributed by atoms with E-state index < -0.39 is 47.3 Å². The van der Waals surface area contributed by atoms with Gasteiger partial charge in [0.2, 0.25) is 6.54 Å². The fourth-order valence-corrected chi connectivity index (χ4v) is 2.40. The third kappa shape index (κ3) is 3.40. The minimum atomic E-state index is -1.22. The second kappa shape index (κ2) is 6.38. The van der Waals surface area contributed by atoms with Gasteiger partial charge in [-0.05, 0) is 6.92 Å². The monoisotopic (exact) mass is 315 g/mol. The number of aliphatic hydroxyl groups excluding tert-OH is 2. The van der Waals surface area contributed by atoms with Crippen LogP contribution in [0.25, 0.3) is 0 Å². The van der Waals surface area contributed by atoms with Crippen LogP contribution < -0.4 is 11.2 Å². The number of rotatable bonds is 5. The van der Waals surface area contributed by atoms with Crippen molar-refractivity contribution in [2.45, 2.75) is 44.3 Å². The summed E-state index contributed by atoms with van der Waals surface area (Å²) in [7, 11) is 0. The Kier molecular flexibility index (Phi) is 4.74. The molecule has 1 fully saturated rings. The smallest absolute Gasteiger partial charge is 0.330 e. The van der Waals surface area contributed by atoms with Crippen molar-refractivity contribution in [3.8, 4) is 0 Å². The lowest BCUT2D eigenvalue weighted by Crippen LogP contribution is -2.36. The number of hydrogen-bond acceptors (Lipinski definition) is 7. The van der Waals surface area contributed by atoms with Gasteiger partial charge in [0.05, 0.1) is 12.2 Å². The van der Waals surface area contributed by atoms with Crippen LogP contribution in [0.15, 0.2) is 15.8 Å². The van der Waals surface area contributed by atoms with Crippen LogP contribution in [0.3, 0.4) is 0 Å².